The Bertz CT molecular complexity index is 1750. The largest absolute Gasteiger partial charge is 0.504 e. The van der Waals surface area contributed by atoms with E-state index in [-0.39, 0.29) is 28.4 Å². The Balaban J connectivity index is 0.000000251. The van der Waals surface area contributed by atoms with E-state index in [1.807, 2.05) is 6.92 Å². The molecule has 0 bridgehead atoms. The second-order valence-corrected chi connectivity index (χ2v) is 10.1. The van der Waals surface area contributed by atoms with E-state index < -0.39 is 11.3 Å². The molecule has 0 radical (unpaired) electrons. The van der Waals surface area contributed by atoms with E-state index in [0.29, 0.717) is 92.2 Å². The summed E-state index contributed by atoms with van der Waals surface area (Å²) in [6, 6.07) is 4.60. The second kappa shape index (κ2) is 17.3. The lowest BCUT2D eigenvalue weighted by molar-refractivity contribution is 0.0720. The molecule has 2 heterocycles. The molecule has 0 saturated heterocycles. The van der Waals surface area contributed by atoms with Crippen LogP contribution in [0.4, 0.5) is 0 Å². The fraction of sp³-hybridized carbons (Fsp3) is 0.424. The number of phenolic OH excluding ortho intramolecular Hbond substituents is 2. The maximum Gasteiger partial charge on any atom is 0.339 e. The van der Waals surface area contributed by atoms with Crippen molar-refractivity contribution in [3.05, 3.63) is 66.9 Å². The molecule has 0 spiro atoms. The van der Waals surface area contributed by atoms with Gasteiger partial charge in [0.1, 0.15) is 11.1 Å². The molecule has 0 atom stereocenters. The summed E-state index contributed by atoms with van der Waals surface area (Å²) in [5, 5.41) is 21.1. The van der Waals surface area contributed by atoms with Gasteiger partial charge in [-0.1, -0.05) is 0 Å². The highest BCUT2D eigenvalue weighted by Crippen LogP contribution is 2.37. The highest BCUT2D eigenvalue weighted by Gasteiger charge is 2.20. The maximum atomic E-state index is 12.2. The third-order valence-corrected chi connectivity index (χ3v) is 7.33. The number of hydrogen-bond acceptors (Lipinski definition) is 13. The molecule has 0 saturated carbocycles. The Labute approximate surface area is 265 Å². The topological polar surface area (TPSA) is 173 Å². The molecule has 0 amide bonds. The van der Waals surface area contributed by atoms with Crippen molar-refractivity contribution in [1.29, 1.82) is 0 Å². The first-order valence-electron chi connectivity index (χ1n) is 14.4. The summed E-state index contributed by atoms with van der Waals surface area (Å²) >= 11 is 0. The zero-order valence-corrected chi connectivity index (χ0v) is 26.9. The van der Waals surface area contributed by atoms with Gasteiger partial charge in [-0.2, -0.15) is 0 Å². The minimum absolute atomic E-state index is 0.0508. The third kappa shape index (κ3) is 8.43. The normalized spacial score (nSPS) is 11.0. The Hall–Kier alpha value is -4.43. The van der Waals surface area contributed by atoms with E-state index in [0.717, 1.165) is 10.9 Å². The molecule has 13 heteroatoms. The molecule has 2 aromatic heterocycles. The summed E-state index contributed by atoms with van der Waals surface area (Å²) in [4.78, 5) is 35.6. The van der Waals surface area contributed by atoms with Crippen molar-refractivity contribution < 1.29 is 52.3 Å². The van der Waals surface area contributed by atoms with Crippen molar-refractivity contribution in [2.75, 3.05) is 68.1 Å². The number of phenols is 2. The van der Waals surface area contributed by atoms with Crippen molar-refractivity contribution in [1.82, 2.24) is 0 Å². The number of rotatable bonds is 15. The van der Waals surface area contributed by atoms with Gasteiger partial charge in [0.2, 0.25) is 0 Å². The van der Waals surface area contributed by atoms with Crippen LogP contribution in [0.1, 0.15) is 32.6 Å². The van der Waals surface area contributed by atoms with Crippen LogP contribution >= 0.6 is 0 Å². The minimum atomic E-state index is -0.553. The molecule has 0 unspecified atom stereocenters. The van der Waals surface area contributed by atoms with Crippen LogP contribution in [-0.4, -0.2) is 84.6 Å². The monoisotopic (exact) mass is 644 g/mol. The van der Waals surface area contributed by atoms with Crippen molar-refractivity contribution in [2.24, 2.45) is 0 Å². The van der Waals surface area contributed by atoms with Gasteiger partial charge in [-0.3, -0.25) is 4.79 Å². The third-order valence-electron chi connectivity index (χ3n) is 7.33. The van der Waals surface area contributed by atoms with Crippen LogP contribution in [0.25, 0.3) is 21.9 Å². The van der Waals surface area contributed by atoms with Crippen LogP contribution in [0.5, 0.6) is 23.0 Å². The molecule has 0 aliphatic heterocycles. The molecule has 4 rings (SSSR count). The van der Waals surface area contributed by atoms with Crippen LogP contribution < -0.4 is 20.7 Å². The molecule has 46 heavy (non-hydrogen) atoms. The summed E-state index contributed by atoms with van der Waals surface area (Å²) in [5.41, 5.74) is 1.82. The van der Waals surface area contributed by atoms with E-state index in [1.54, 1.807) is 33.3 Å². The van der Waals surface area contributed by atoms with Gasteiger partial charge in [-0.15, -0.1) is 0 Å². The van der Waals surface area contributed by atoms with E-state index in [2.05, 4.69) is 0 Å². The van der Waals surface area contributed by atoms with Crippen LogP contribution in [0.15, 0.2) is 36.6 Å². The van der Waals surface area contributed by atoms with E-state index in [4.69, 9.17) is 37.3 Å². The molecule has 0 aliphatic carbocycles. The molecule has 0 aliphatic rings. The quantitative estimate of drug-likeness (QED) is 0.109. The number of carbonyl (C=O) groups is 1. The highest BCUT2D eigenvalue weighted by molar-refractivity contribution is 6.00. The van der Waals surface area contributed by atoms with Gasteiger partial charge < -0.3 is 47.5 Å². The van der Waals surface area contributed by atoms with Crippen LogP contribution in [0, 0.1) is 13.8 Å². The van der Waals surface area contributed by atoms with Crippen LogP contribution in [0.2, 0.25) is 0 Å². The van der Waals surface area contributed by atoms with E-state index in [1.165, 1.54) is 20.3 Å². The van der Waals surface area contributed by atoms with Gasteiger partial charge in [0.15, 0.2) is 34.9 Å². The highest BCUT2D eigenvalue weighted by atomic mass is 16.5. The molecule has 13 nitrogen and oxygen atoms in total. The maximum absolute atomic E-state index is 12.2. The van der Waals surface area contributed by atoms with Crippen molar-refractivity contribution in [2.45, 2.75) is 26.7 Å². The number of carbonyl (C=O) groups excluding carboxylic acids is 1. The Kier molecular flexibility index (Phi) is 13.6. The number of benzene rings is 2. The first-order valence-corrected chi connectivity index (χ1v) is 14.4. The molecule has 2 aromatic carbocycles. The first kappa shape index (κ1) is 36.0. The molecule has 4 aromatic rings. The van der Waals surface area contributed by atoms with Gasteiger partial charge in [0.25, 0.3) is 0 Å². The molecule has 2 N–H and O–H groups in total. The molecular weight excluding hydrogens is 604 g/mol. The first-order chi connectivity index (χ1) is 22.1. The zero-order valence-electron chi connectivity index (χ0n) is 26.9. The lowest BCUT2D eigenvalue weighted by atomic mass is 10.0. The standard InChI is InChI=1S/C17H20O7.C16H20O6/c1-10-11(4-5-23-7-6-21-2)17(20)24-16-12(10)8-14(22-3)15(19)13(16)9-18;1-10-11(4-5-21-7-6-19-2)16(18)22-14-9-13(17)15(20-3)8-12(10)14/h8-9,19H,4-7H2,1-3H3;8-9,17H,4-7H2,1-3H3. The Morgan fingerprint density at radius 3 is 1.74 bits per heavy atom. The number of aldehydes is 1. The molecular formula is C33H40O13. The van der Waals surface area contributed by atoms with E-state index in [9.17, 15) is 24.6 Å². The fourth-order valence-electron chi connectivity index (χ4n) is 4.76. The lowest BCUT2D eigenvalue weighted by Gasteiger charge is -2.12. The Morgan fingerprint density at radius 2 is 1.22 bits per heavy atom. The van der Waals surface area contributed by atoms with Gasteiger partial charge in [0.05, 0.1) is 53.9 Å². The number of methoxy groups -OCH3 is 4. The Morgan fingerprint density at radius 1 is 0.696 bits per heavy atom. The van der Waals surface area contributed by atoms with Gasteiger partial charge in [-0.05, 0) is 37.1 Å². The average Bonchev–Trinajstić information content (AvgIpc) is 3.03. The van der Waals surface area contributed by atoms with E-state index >= 15 is 0 Å². The van der Waals surface area contributed by atoms with Gasteiger partial charge in [0, 0.05) is 55.0 Å². The number of ether oxygens (including phenoxy) is 6. The number of hydrogen-bond donors (Lipinski definition) is 2. The predicted octanol–water partition coefficient (Wildman–Crippen LogP) is 3.85. The lowest BCUT2D eigenvalue weighted by Crippen LogP contribution is -2.14. The smallest absolute Gasteiger partial charge is 0.339 e. The number of aromatic hydroxyl groups is 2. The summed E-state index contributed by atoms with van der Waals surface area (Å²) < 4.78 is 41.3. The summed E-state index contributed by atoms with van der Waals surface area (Å²) in [5.74, 6) is 0.0713. The van der Waals surface area contributed by atoms with Crippen molar-refractivity contribution >= 4 is 28.2 Å². The van der Waals surface area contributed by atoms with Crippen LogP contribution in [-0.2, 0) is 31.8 Å². The fourth-order valence-corrected chi connectivity index (χ4v) is 4.76. The molecule has 250 valence electrons. The predicted molar refractivity (Wildman–Crippen MR) is 169 cm³/mol. The van der Waals surface area contributed by atoms with Gasteiger partial charge >= 0.3 is 11.3 Å². The van der Waals surface area contributed by atoms with Crippen molar-refractivity contribution in [3.8, 4) is 23.0 Å². The summed E-state index contributed by atoms with van der Waals surface area (Å²) in [7, 11) is 6.04. The number of aryl methyl sites for hydroxylation is 2. The van der Waals surface area contributed by atoms with Gasteiger partial charge in [-0.25, -0.2) is 9.59 Å². The molecule has 0 fully saturated rings. The van der Waals surface area contributed by atoms with Crippen LogP contribution in [0.3, 0.4) is 0 Å². The van der Waals surface area contributed by atoms with Crippen molar-refractivity contribution in [3.63, 3.8) is 0 Å². The summed E-state index contributed by atoms with van der Waals surface area (Å²) in [6.45, 7) is 6.27. The summed E-state index contributed by atoms with van der Waals surface area (Å²) in [6.07, 6.45) is 1.26. The minimum Gasteiger partial charge on any atom is -0.504 e. The zero-order chi connectivity index (χ0) is 33.8. The second-order valence-electron chi connectivity index (χ2n) is 10.1. The number of fused-ring (bicyclic) bond motifs is 2. The SMILES string of the molecule is COCCOCCc1c(C)c2cc(OC)c(O)c(C=O)c2oc1=O.COCCOCCc1c(C)c2cc(OC)c(O)cc2oc1=O. The average molecular weight is 645 g/mol.